The summed E-state index contributed by atoms with van der Waals surface area (Å²) in [4.78, 5) is 12.7. The standard InChI is InChI=1S/C14H14N2O2S2/c1-9-8-11(13(17)18-2)12(20-9)16-14(19)15-10-6-4-3-5-7-10/h3-8H,1-2H3,(H2,15,16,19). The van der Waals surface area contributed by atoms with Crippen molar-refractivity contribution in [3.8, 4) is 0 Å². The number of hydrogen-bond acceptors (Lipinski definition) is 4. The SMILES string of the molecule is COC(=O)c1cc(C)sc1NC(=S)Nc1ccccc1. The largest absolute Gasteiger partial charge is 0.465 e. The quantitative estimate of drug-likeness (QED) is 0.669. The van der Waals surface area contributed by atoms with E-state index in [1.807, 2.05) is 37.3 Å². The third-order valence-electron chi connectivity index (χ3n) is 2.52. The number of thiocarbonyl (C=S) groups is 1. The van der Waals surface area contributed by atoms with Crippen LogP contribution in [0.15, 0.2) is 36.4 Å². The van der Waals surface area contributed by atoms with Crippen molar-refractivity contribution in [3.05, 3.63) is 46.8 Å². The van der Waals surface area contributed by atoms with Gasteiger partial charge in [0.2, 0.25) is 0 Å². The van der Waals surface area contributed by atoms with E-state index >= 15 is 0 Å². The Kier molecular flexibility index (Phi) is 4.70. The number of methoxy groups -OCH3 is 1. The molecular formula is C14H14N2O2S2. The first-order valence-corrected chi connectivity index (χ1v) is 7.14. The highest BCUT2D eigenvalue weighted by molar-refractivity contribution is 7.80. The second-order valence-corrected chi connectivity index (χ2v) is 5.70. The lowest BCUT2D eigenvalue weighted by Crippen LogP contribution is -2.19. The van der Waals surface area contributed by atoms with Crippen molar-refractivity contribution in [2.45, 2.75) is 6.92 Å². The van der Waals surface area contributed by atoms with E-state index in [9.17, 15) is 4.79 Å². The van der Waals surface area contributed by atoms with Crippen LogP contribution in [0.25, 0.3) is 0 Å². The van der Waals surface area contributed by atoms with Crippen molar-refractivity contribution < 1.29 is 9.53 Å². The van der Waals surface area contributed by atoms with Crippen LogP contribution in [0.5, 0.6) is 0 Å². The average Bonchev–Trinajstić information content (AvgIpc) is 2.79. The zero-order valence-electron chi connectivity index (χ0n) is 11.1. The Balaban J connectivity index is 2.10. The summed E-state index contributed by atoms with van der Waals surface area (Å²) in [5.74, 6) is -0.376. The second kappa shape index (κ2) is 6.49. The maximum Gasteiger partial charge on any atom is 0.340 e. The highest BCUT2D eigenvalue weighted by Crippen LogP contribution is 2.28. The summed E-state index contributed by atoms with van der Waals surface area (Å²) in [5, 5.41) is 7.21. The maximum atomic E-state index is 11.7. The second-order valence-electron chi connectivity index (χ2n) is 4.04. The van der Waals surface area contributed by atoms with Crippen molar-refractivity contribution in [3.63, 3.8) is 0 Å². The number of thiophene rings is 1. The van der Waals surface area contributed by atoms with Crippen molar-refractivity contribution in [2.75, 3.05) is 17.7 Å². The van der Waals surface area contributed by atoms with Gasteiger partial charge in [-0.25, -0.2) is 4.79 Å². The first-order valence-electron chi connectivity index (χ1n) is 5.92. The van der Waals surface area contributed by atoms with E-state index in [1.165, 1.54) is 18.4 Å². The molecule has 2 aromatic rings. The number of anilines is 2. The van der Waals surface area contributed by atoms with Gasteiger partial charge in [0, 0.05) is 10.6 Å². The molecule has 0 aliphatic heterocycles. The fourth-order valence-corrected chi connectivity index (χ4v) is 2.84. The molecule has 0 radical (unpaired) electrons. The Morgan fingerprint density at radius 3 is 2.60 bits per heavy atom. The lowest BCUT2D eigenvalue weighted by atomic mass is 10.3. The highest BCUT2D eigenvalue weighted by atomic mass is 32.1. The summed E-state index contributed by atoms with van der Waals surface area (Å²) in [6.07, 6.45) is 0. The minimum Gasteiger partial charge on any atom is -0.465 e. The third-order valence-corrected chi connectivity index (χ3v) is 3.69. The Morgan fingerprint density at radius 1 is 1.25 bits per heavy atom. The lowest BCUT2D eigenvalue weighted by molar-refractivity contribution is 0.0602. The minimum atomic E-state index is -0.376. The van der Waals surface area contributed by atoms with Gasteiger partial charge in [0.05, 0.1) is 12.7 Å². The zero-order valence-corrected chi connectivity index (χ0v) is 12.7. The molecule has 0 aliphatic rings. The van der Waals surface area contributed by atoms with Crippen LogP contribution < -0.4 is 10.6 Å². The van der Waals surface area contributed by atoms with Gasteiger partial charge in [0.1, 0.15) is 5.00 Å². The fourth-order valence-electron chi connectivity index (χ4n) is 1.66. The van der Waals surface area contributed by atoms with E-state index in [1.54, 1.807) is 6.07 Å². The number of esters is 1. The van der Waals surface area contributed by atoms with Crippen LogP contribution in [0.4, 0.5) is 10.7 Å². The average molecular weight is 306 g/mol. The molecule has 2 rings (SSSR count). The number of carbonyl (C=O) groups is 1. The molecule has 0 unspecified atom stereocenters. The molecule has 0 spiro atoms. The summed E-state index contributed by atoms with van der Waals surface area (Å²) in [6.45, 7) is 1.93. The van der Waals surface area contributed by atoms with Crippen LogP contribution in [-0.4, -0.2) is 18.2 Å². The molecule has 1 aromatic carbocycles. The van der Waals surface area contributed by atoms with Gasteiger partial charge in [0.25, 0.3) is 0 Å². The molecule has 0 saturated heterocycles. The number of carbonyl (C=O) groups excluding carboxylic acids is 1. The first-order chi connectivity index (χ1) is 9.60. The predicted octanol–water partition coefficient (Wildman–Crippen LogP) is 3.65. The molecule has 0 atom stereocenters. The Labute approximate surface area is 126 Å². The fraction of sp³-hybridized carbons (Fsp3) is 0.143. The van der Waals surface area contributed by atoms with Gasteiger partial charge in [-0.3, -0.25) is 0 Å². The van der Waals surface area contributed by atoms with Crippen LogP contribution in [-0.2, 0) is 4.74 Å². The van der Waals surface area contributed by atoms with Crippen molar-refractivity contribution >= 4 is 45.3 Å². The first kappa shape index (κ1) is 14.5. The molecule has 1 heterocycles. The molecule has 0 aliphatic carbocycles. The van der Waals surface area contributed by atoms with Crippen molar-refractivity contribution in [1.29, 1.82) is 0 Å². The Hall–Kier alpha value is -1.92. The van der Waals surface area contributed by atoms with Crippen LogP contribution in [0, 0.1) is 6.92 Å². The number of nitrogens with one attached hydrogen (secondary N) is 2. The normalized spacial score (nSPS) is 9.90. The van der Waals surface area contributed by atoms with Crippen LogP contribution >= 0.6 is 23.6 Å². The van der Waals surface area contributed by atoms with E-state index in [0.29, 0.717) is 15.7 Å². The topological polar surface area (TPSA) is 50.4 Å². The molecular weight excluding hydrogens is 292 g/mol. The number of rotatable bonds is 3. The van der Waals surface area contributed by atoms with E-state index in [0.717, 1.165) is 10.6 Å². The van der Waals surface area contributed by atoms with E-state index in [2.05, 4.69) is 10.6 Å². The Morgan fingerprint density at radius 2 is 1.95 bits per heavy atom. The van der Waals surface area contributed by atoms with E-state index in [-0.39, 0.29) is 5.97 Å². The number of aryl methyl sites for hydroxylation is 1. The summed E-state index contributed by atoms with van der Waals surface area (Å²) >= 11 is 6.70. The Bertz CT molecular complexity index is 623. The lowest BCUT2D eigenvalue weighted by Gasteiger charge is -2.10. The zero-order chi connectivity index (χ0) is 14.5. The maximum absolute atomic E-state index is 11.7. The molecule has 20 heavy (non-hydrogen) atoms. The van der Waals surface area contributed by atoms with Gasteiger partial charge in [0.15, 0.2) is 5.11 Å². The smallest absolute Gasteiger partial charge is 0.340 e. The predicted molar refractivity (Wildman–Crippen MR) is 86.7 cm³/mol. The minimum absolute atomic E-state index is 0.376. The highest BCUT2D eigenvalue weighted by Gasteiger charge is 2.16. The molecule has 2 N–H and O–H groups in total. The van der Waals surface area contributed by atoms with Gasteiger partial charge in [-0.05, 0) is 37.3 Å². The molecule has 6 heteroatoms. The van der Waals surface area contributed by atoms with Crippen LogP contribution in [0.1, 0.15) is 15.2 Å². The van der Waals surface area contributed by atoms with Gasteiger partial charge in [-0.1, -0.05) is 18.2 Å². The van der Waals surface area contributed by atoms with E-state index < -0.39 is 0 Å². The summed E-state index contributed by atoms with van der Waals surface area (Å²) in [7, 11) is 1.36. The molecule has 0 saturated carbocycles. The molecule has 104 valence electrons. The molecule has 1 aromatic heterocycles. The molecule has 0 fully saturated rings. The van der Waals surface area contributed by atoms with E-state index in [4.69, 9.17) is 17.0 Å². The summed E-state index contributed by atoms with van der Waals surface area (Å²) in [6, 6.07) is 11.4. The number of ether oxygens (including phenoxy) is 1. The number of hydrogen-bond donors (Lipinski definition) is 2. The van der Waals surface area contributed by atoms with Crippen molar-refractivity contribution in [1.82, 2.24) is 0 Å². The molecule has 0 bridgehead atoms. The van der Waals surface area contributed by atoms with Crippen molar-refractivity contribution in [2.24, 2.45) is 0 Å². The van der Waals surface area contributed by atoms with Crippen LogP contribution in [0.3, 0.4) is 0 Å². The van der Waals surface area contributed by atoms with Gasteiger partial charge >= 0.3 is 5.97 Å². The summed E-state index contributed by atoms with van der Waals surface area (Å²) in [5.41, 5.74) is 1.38. The number of para-hydroxylation sites is 1. The van der Waals surface area contributed by atoms with Gasteiger partial charge in [-0.15, -0.1) is 11.3 Å². The third kappa shape index (κ3) is 3.55. The van der Waals surface area contributed by atoms with Crippen LogP contribution in [0.2, 0.25) is 0 Å². The monoisotopic (exact) mass is 306 g/mol. The number of benzene rings is 1. The molecule has 0 amide bonds. The summed E-state index contributed by atoms with van der Waals surface area (Å²) < 4.78 is 4.75. The van der Waals surface area contributed by atoms with Gasteiger partial charge in [-0.2, -0.15) is 0 Å². The van der Waals surface area contributed by atoms with Gasteiger partial charge < -0.3 is 15.4 Å². The molecule has 4 nitrogen and oxygen atoms in total.